The first kappa shape index (κ1) is 17.7. The lowest BCUT2D eigenvalue weighted by molar-refractivity contribution is -0.143. The summed E-state index contributed by atoms with van der Waals surface area (Å²) in [6.45, 7) is 5.00. The van der Waals surface area contributed by atoms with Crippen molar-refractivity contribution in [2.75, 3.05) is 14.2 Å². The lowest BCUT2D eigenvalue weighted by Gasteiger charge is -2.28. The molecule has 6 heteroatoms. The second-order valence-corrected chi connectivity index (χ2v) is 6.09. The summed E-state index contributed by atoms with van der Waals surface area (Å²) >= 11 is 0. The van der Waals surface area contributed by atoms with E-state index in [2.05, 4.69) is 0 Å². The summed E-state index contributed by atoms with van der Waals surface area (Å²) in [6.07, 6.45) is 0. The van der Waals surface area contributed by atoms with Gasteiger partial charge in [0.25, 0.3) is 0 Å². The van der Waals surface area contributed by atoms with Crippen molar-refractivity contribution in [2.45, 2.75) is 26.8 Å². The second-order valence-electron chi connectivity index (χ2n) is 6.09. The molecule has 0 aliphatic carbocycles. The predicted molar refractivity (Wildman–Crippen MR) is 86.5 cm³/mol. The van der Waals surface area contributed by atoms with E-state index in [0.717, 1.165) is 5.56 Å². The van der Waals surface area contributed by atoms with Crippen molar-refractivity contribution in [3.05, 3.63) is 47.2 Å². The molecule has 0 aromatic heterocycles. The monoisotopic (exact) mass is 331 g/mol. The van der Waals surface area contributed by atoms with Crippen LogP contribution in [0, 0.1) is 5.41 Å². The number of methoxy groups -OCH3 is 2. The molecule has 1 aliphatic heterocycles. The number of rotatable bonds is 4. The van der Waals surface area contributed by atoms with E-state index < -0.39 is 23.4 Å². The molecule has 1 amide bonds. The van der Waals surface area contributed by atoms with Gasteiger partial charge in [0.05, 0.1) is 31.2 Å². The van der Waals surface area contributed by atoms with Gasteiger partial charge in [0.2, 0.25) is 5.91 Å². The van der Waals surface area contributed by atoms with Gasteiger partial charge in [-0.15, -0.1) is 0 Å². The number of esters is 2. The molecule has 1 aromatic rings. The molecule has 128 valence electrons. The van der Waals surface area contributed by atoms with E-state index >= 15 is 0 Å². The van der Waals surface area contributed by atoms with Crippen molar-refractivity contribution in [2.24, 2.45) is 5.41 Å². The molecule has 2 rings (SSSR count). The van der Waals surface area contributed by atoms with E-state index in [1.165, 1.54) is 19.1 Å². The van der Waals surface area contributed by atoms with E-state index in [1.54, 1.807) is 20.8 Å². The van der Waals surface area contributed by atoms with Crippen LogP contribution in [0.15, 0.2) is 41.6 Å². The zero-order chi connectivity index (χ0) is 18.1. The molecule has 0 N–H and O–H groups in total. The summed E-state index contributed by atoms with van der Waals surface area (Å²) in [5.41, 5.74) is -0.380. The smallest absolute Gasteiger partial charge is 0.355 e. The Hall–Kier alpha value is -2.63. The maximum Gasteiger partial charge on any atom is 0.355 e. The maximum absolute atomic E-state index is 13.0. The van der Waals surface area contributed by atoms with Gasteiger partial charge in [-0.3, -0.25) is 9.69 Å². The van der Waals surface area contributed by atoms with Crippen LogP contribution in [0.3, 0.4) is 0 Å². The third-order valence-electron chi connectivity index (χ3n) is 4.29. The molecule has 0 saturated heterocycles. The molecule has 1 atom stereocenters. The highest BCUT2D eigenvalue weighted by molar-refractivity contribution is 6.12. The van der Waals surface area contributed by atoms with Crippen LogP contribution in [0.1, 0.15) is 32.4 Å². The molecule has 1 heterocycles. The molecule has 1 unspecified atom stereocenters. The molecule has 0 saturated carbocycles. The van der Waals surface area contributed by atoms with Crippen molar-refractivity contribution < 1.29 is 23.9 Å². The van der Waals surface area contributed by atoms with Crippen molar-refractivity contribution in [1.29, 1.82) is 0 Å². The number of hydrogen-bond acceptors (Lipinski definition) is 5. The van der Waals surface area contributed by atoms with Gasteiger partial charge in [0.15, 0.2) is 0 Å². The van der Waals surface area contributed by atoms with E-state index in [0.29, 0.717) is 0 Å². The third kappa shape index (κ3) is 2.68. The molecule has 0 fully saturated rings. The minimum atomic E-state index is -1.18. The van der Waals surface area contributed by atoms with E-state index in [9.17, 15) is 14.4 Å². The van der Waals surface area contributed by atoms with Crippen LogP contribution in [0.25, 0.3) is 0 Å². The van der Waals surface area contributed by atoms with Crippen LogP contribution in [0.2, 0.25) is 0 Å². The van der Waals surface area contributed by atoms with Crippen molar-refractivity contribution in [3.63, 3.8) is 0 Å². The standard InChI is InChI=1S/C18H21NO5/c1-11(12-9-7-6-8-10-12)19-14(16(21)24-5)13(15(20)23-4)18(2,3)17(19)22/h6-11H,1-5H3. The largest absolute Gasteiger partial charge is 0.466 e. The Bertz CT molecular complexity index is 705. The summed E-state index contributed by atoms with van der Waals surface area (Å²) in [6, 6.07) is 8.84. The normalized spacial score (nSPS) is 17.7. The van der Waals surface area contributed by atoms with Gasteiger partial charge in [0.1, 0.15) is 5.70 Å². The molecular weight excluding hydrogens is 310 g/mol. The molecule has 24 heavy (non-hydrogen) atoms. The minimum Gasteiger partial charge on any atom is -0.466 e. The Balaban J connectivity index is 2.65. The lowest BCUT2D eigenvalue weighted by atomic mass is 9.85. The van der Waals surface area contributed by atoms with Gasteiger partial charge in [-0.2, -0.15) is 0 Å². The first-order chi connectivity index (χ1) is 11.3. The Morgan fingerprint density at radius 3 is 2.08 bits per heavy atom. The minimum absolute atomic E-state index is 0.0182. The SMILES string of the molecule is COC(=O)C1=C(C(=O)OC)C(C)(C)C(=O)N1C(C)c1ccccc1. The van der Waals surface area contributed by atoms with Crippen LogP contribution in [-0.2, 0) is 23.9 Å². The molecule has 6 nitrogen and oxygen atoms in total. The molecule has 0 radical (unpaired) electrons. The highest BCUT2D eigenvalue weighted by atomic mass is 16.5. The van der Waals surface area contributed by atoms with Gasteiger partial charge in [-0.05, 0) is 26.3 Å². The van der Waals surface area contributed by atoms with Gasteiger partial charge in [-0.1, -0.05) is 30.3 Å². The number of carbonyl (C=O) groups is 3. The fraction of sp³-hybridized carbons (Fsp3) is 0.389. The summed E-state index contributed by atoms with van der Waals surface area (Å²) in [7, 11) is 2.43. The highest BCUT2D eigenvalue weighted by Gasteiger charge is 2.53. The first-order valence-corrected chi connectivity index (χ1v) is 7.57. The summed E-state index contributed by atoms with van der Waals surface area (Å²) < 4.78 is 9.61. The van der Waals surface area contributed by atoms with Crippen molar-refractivity contribution in [3.8, 4) is 0 Å². The lowest BCUT2D eigenvalue weighted by Crippen LogP contribution is -2.37. The van der Waals surface area contributed by atoms with Crippen LogP contribution in [-0.4, -0.2) is 37.0 Å². The van der Waals surface area contributed by atoms with Crippen LogP contribution in [0.4, 0.5) is 0 Å². The number of hydrogen-bond donors (Lipinski definition) is 0. The van der Waals surface area contributed by atoms with Crippen LogP contribution >= 0.6 is 0 Å². The summed E-state index contributed by atoms with van der Waals surface area (Å²) in [5.74, 6) is -1.80. The fourth-order valence-corrected chi connectivity index (χ4v) is 2.93. The summed E-state index contributed by atoms with van der Waals surface area (Å²) in [4.78, 5) is 38.9. The van der Waals surface area contributed by atoms with E-state index in [4.69, 9.17) is 9.47 Å². The van der Waals surface area contributed by atoms with Gasteiger partial charge < -0.3 is 9.47 Å². The Labute approximate surface area is 141 Å². The topological polar surface area (TPSA) is 72.9 Å². The van der Waals surface area contributed by atoms with Crippen LogP contribution < -0.4 is 0 Å². The zero-order valence-corrected chi connectivity index (χ0v) is 14.5. The quantitative estimate of drug-likeness (QED) is 0.791. The highest BCUT2D eigenvalue weighted by Crippen LogP contribution is 2.44. The average Bonchev–Trinajstić information content (AvgIpc) is 2.80. The molecule has 0 bridgehead atoms. The number of ether oxygens (including phenoxy) is 2. The summed E-state index contributed by atoms with van der Waals surface area (Å²) in [5, 5.41) is 0. The molecule has 0 spiro atoms. The van der Waals surface area contributed by atoms with E-state index in [1.807, 2.05) is 30.3 Å². The van der Waals surface area contributed by atoms with Gasteiger partial charge in [0, 0.05) is 0 Å². The zero-order valence-electron chi connectivity index (χ0n) is 14.5. The Kier molecular flexibility index (Phi) is 4.78. The average molecular weight is 331 g/mol. The molecule has 1 aliphatic rings. The number of nitrogens with zero attached hydrogens (tertiary/aromatic N) is 1. The van der Waals surface area contributed by atoms with Crippen LogP contribution in [0.5, 0.6) is 0 Å². The maximum atomic E-state index is 13.0. The number of benzene rings is 1. The number of carbonyl (C=O) groups excluding carboxylic acids is 3. The van der Waals surface area contributed by atoms with Crippen molar-refractivity contribution in [1.82, 2.24) is 4.90 Å². The Morgan fingerprint density at radius 2 is 1.58 bits per heavy atom. The Morgan fingerprint density at radius 1 is 1.04 bits per heavy atom. The fourth-order valence-electron chi connectivity index (χ4n) is 2.93. The van der Waals surface area contributed by atoms with E-state index in [-0.39, 0.29) is 17.2 Å². The molecular formula is C18H21NO5. The first-order valence-electron chi connectivity index (χ1n) is 7.57. The number of amides is 1. The van der Waals surface area contributed by atoms with Gasteiger partial charge in [-0.25, -0.2) is 9.59 Å². The second kappa shape index (κ2) is 6.47. The van der Waals surface area contributed by atoms with Crippen molar-refractivity contribution >= 4 is 17.8 Å². The molecule has 1 aromatic carbocycles. The van der Waals surface area contributed by atoms with Gasteiger partial charge >= 0.3 is 11.9 Å². The predicted octanol–water partition coefficient (Wildman–Crippen LogP) is 2.22. The third-order valence-corrected chi connectivity index (χ3v) is 4.29.